The maximum Gasteiger partial charge on any atom is 0.243 e. The first-order valence-electron chi connectivity index (χ1n) is 6.86. The number of hydrogen-bond acceptors (Lipinski definition) is 3. The van der Waals surface area contributed by atoms with Crippen molar-refractivity contribution >= 4 is 23.2 Å². The van der Waals surface area contributed by atoms with Gasteiger partial charge in [0.15, 0.2) is 5.65 Å². The van der Waals surface area contributed by atoms with Gasteiger partial charge in [-0.25, -0.2) is 4.52 Å². The van der Waals surface area contributed by atoms with E-state index < -0.39 is 0 Å². The summed E-state index contributed by atoms with van der Waals surface area (Å²) >= 11 is 5.95. The third-order valence-electron chi connectivity index (χ3n) is 3.54. The van der Waals surface area contributed by atoms with Gasteiger partial charge in [-0.15, -0.1) is 5.10 Å². The lowest BCUT2D eigenvalue weighted by molar-refractivity contribution is 0.555. The standard InChI is InChI=1S/C16H17ClN4/c1-16(2,12-6-4-3-5-7-12)11-18-15-19-14-9-8-13(17)10-21(14)20-15/h3-10H,11H2,1-2H3,(H,18,20). The van der Waals surface area contributed by atoms with E-state index >= 15 is 0 Å². The zero-order valence-electron chi connectivity index (χ0n) is 12.0. The normalized spacial score (nSPS) is 11.8. The molecule has 0 unspecified atom stereocenters. The Labute approximate surface area is 128 Å². The number of rotatable bonds is 4. The fourth-order valence-electron chi connectivity index (χ4n) is 2.22. The molecule has 0 saturated heterocycles. The summed E-state index contributed by atoms with van der Waals surface area (Å²) in [4.78, 5) is 4.43. The number of aromatic nitrogens is 3. The van der Waals surface area contributed by atoms with E-state index in [1.54, 1.807) is 10.7 Å². The lowest BCUT2D eigenvalue weighted by Gasteiger charge is -2.25. The van der Waals surface area contributed by atoms with Crippen LogP contribution in [0.1, 0.15) is 19.4 Å². The first-order valence-corrected chi connectivity index (χ1v) is 7.24. The average Bonchev–Trinajstić information content (AvgIpc) is 2.88. The van der Waals surface area contributed by atoms with Crippen LogP contribution in [0, 0.1) is 0 Å². The zero-order chi connectivity index (χ0) is 14.9. The van der Waals surface area contributed by atoms with Gasteiger partial charge in [-0.1, -0.05) is 55.8 Å². The number of nitrogens with one attached hydrogen (secondary N) is 1. The molecule has 3 rings (SSSR count). The summed E-state index contributed by atoms with van der Waals surface area (Å²) in [6, 6.07) is 14.1. The van der Waals surface area contributed by atoms with Gasteiger partial charge in [0.25, 0.3) is 0 Å². The van der Waals surface area contributed by atoms with Crippen LogP contribution < -0.4 is 5.32 Å². The van der Waals surface area contributed by atoms with E-state index in [1.807, 2.05) is 18.2 Å². The van der Waals surface area contributed by atoms with Crippen LogP contribution in [-0.4, -0.2) is 21.1 Å². The van der Waals surface area contributed by atoms with Crippen LogP contribution in [0.5, 0.6) is 0 Å². The van der Waals surface area contributed by atoms with E-state index in [0.29, 0.717) is 11.0 Å². The Morgan fingerprint density at radius 3 is 2.67 bits per heavy atom. The zero-order valence-corrected chi connectivity index (χ0v) is 12.8. The third-order valence-corrected chi connectivity index (χ3v) is 3.76. The highest BCUT2D eigenvalue weighted by molar-refractivity contribution is 6.30. The van der Waals surface area contributed by atoms with Crippen LogP contribution in [0.2, 0.25) is 5.02 Å². The fourth-order valence-corrected chi connectivity index (χ4v) is 2.38. The summed E-state index contributed by atoms with van der Waals surface area (Å²) in [7, 11) is 0. The number of hydrogen-bond donors (Lipinski definition) is 1. The van der Waals surface area contributed by atoms with E-state index in [2.05, 4.69) is 53.5 Å². The van der Waals surface area contributed by atoms with Gasteiger partial charge < -0.3 is 5.32 Å². The fraction of sp³-hybridized carbons (Fsp3) is 0.250. The second kappa shape index (κ2) is 5.37. The average molecular weight is 301 g/mol. The number of fused-ring (bicyclic) bond motifs is 1. The molecule has 1 N–H and O–H groups in total. The second-order valence-electron chi connectivity index (χ2n) is 5.69. The monoisotopic (exact) mass is 300 g/mol. The molecule has 0 bridgehead atoms. The minimum Gasteiger partial charge on any atom is -0.352 e. The highest BCUT2D eigenvalue weighted by atomic mass is 35.5. The molecular weight excluding hydrogens is 284 g/mol. The van der Waals surface area contributed by atoms with Gasteiger partial charge in [0.2, 0.25) is 5.95 Å². The van der Waals surface area contributed by atoms with Crippen LogP contribution in [0.3, 0.4) is 0 Å². The van der Waals surface area contributed by atoms with Crippen LogP contribution >= 0.6 is 11.6 Å². The molecule has 2 heterocycles. The summed E-state index contributed by atoms with van der Waals surface area (Å²) in [6.07, 6.45) is 1.75. The quantitative estimate of drug-likeness (QED) is 0.797. The summed E-state index contributed by atoms with van der Waals surface area (Å²) in [6.45, 7) is 5.14. The Hall–Kier alpha value is -2.07. The van der Waals surface area contributed by atoms with E-state index in [4.69, 9.17) is 11.6 Å². The number of halogens is 1. The topological polar surface area (TPSA) is 42.2 Å². The van der Waals surface area contributed by atoms with Gasteiger partial charge in [0.1, 0.15) is 0 Å². The second-order valence-corrected chi connectivity index (χ2v) is 6.13. The van der Waals surface area contributed by atoms with Gasteiger partial charge in [0.05, 0.1) is 5.02 Å². The first kappa shape index (κ1) is 13.9. The van der Waals surface area contributed by atoms with Gasteiger partial charge in [-0.05, 0) is 17.7 Å². The van der Waals surface area contributed by atoms with Crippen molar-refractivity contribution in [2.24, 2.45) is 0 Å². The summed E-state index contributed by atoms with van der Waals surface area (Å²) in [5, 5.41) is 8.33. The number of anilines is 1. The Kier molecular flexibility index (Phi) is 3.55. The molecule has 0 atom stereocenters. The van der Waals surface area contributed by atoms with Gasteiger partial charge >= 0.3 is 0 Å². The lowest BCUT2D eigenvalue weighted by Crippen LogP contribution is -2.27. The van der Waals surface area contributed by atoms with Gasteiger partial charge in [-0.3, -0.25) is 0 Å². The van der Waals surface area contributed by atoms with Crippen LogP contribution in [0.25, 0.3) is 5.65 Å². The molecular formula is C16H17ClN4. The largest absolute Gasteiger partial charge is 0.352 e. The van der Waals surface area contributed by atoms with Crippen molar-refractivity contribution in [2.45, 2.75) is 19.3 Å². The Morgan fingerprint density at radius 1 is 1.14 bits per heavy atom. The SMILES string of the molecule is CC(C)(CNc1nc2ccc(Cl)cn2n1)c1ccccc1. The smallest absolute Gasteiger partial charge is 0.243 e. The van der Waals surface area contributed by atoms with Crippen molar-refractivity contribution < 1.29 is 0 Å². The van der Waals surface area contributed by atoms with Crippen LogP contribution in [-0.2, 0) is 5.41 Å². The number of nitrogens with zero attached hydrogens (tertiary/aromatic N) is 3. The third kappa shape index (κ3) is 3.00. The molecule has 108 valence electrons. The molecule has 0 aliphatic heterocycles. The molecule has 3 aromatic rings. The van der Waals surface area contributed by atoms with E-state index in [1.165, 1.54) is 5.56 Å². The molecule has 5 heteroatoms. The van der Waals surface area contributed by atoms with Crippen molar-refractivity contribution in [1.29, 1.82) is 0 Å². The molecule has 2 aromatic heterocycles. The van der Waals surface area contributed by atoms with E-state index in [-0.39, 0.29) is 5.41 Å². The summed E-state index contributed by atoms with van der Waals surface area (Å²) < 4.78 is 1.68. The van der Waals surface area contributed by atoms with E-state index in [0.717, 1.165) is 12.2 Å². The Bertz CT molecular complexity index is 749. The molecule has 0 fully saturated rings. The van der Waals surface area contributed by atoms with Crippen molar-refractivity contribution in [3.05, 3.63) is 59.2 Å². The Balaban J connectivity index is 1.77. The predicted molar refractivity (Wildman–Crippen MR) is 86.0 cm³/mol. The molecule has 0 radical (unpaired) electrons. The molecule has 1 aromatic carbocycles. The molecule has 4 nitrogen and oxygen atoms in total. The van der Waals surface area contributed by atoms with Crippen molar-refractivity contribution in [2.75, 3.05) is 11.9 Å². The van der Waals surface area contributed by atoms with Crippen LogP contribution in [0.15, 0.2) is 48.7 Å². The Morgan fingerprint density at radius 2 is 1.90 bits per heavy atom. The molecule has 0 aliphatic carbocycles. The first-order chi connectivity index (χ1) is 10.0. The van der Waals surface area contributed by atoms with Crippen molar-refractivity contribution in [1.82, 2.24) is 14.6 Å². The summed E-state index contributed by atoms with van der Waals surface area (Å²) in [5.41, 5.74) is 2.06. The minimum atomic E-state index is -0.00359. The maximum atomic E-state index is 5.95. The van der Waals surface area contributed by atoms with Crippen molar-refractivity contribution in [3.63, 3.8) is 0 Å². The van der Waals surface area contributed by atoms with Crippen molar-refractivity contribution in [3.8, 4) is 0 Å². The molecule has 0 spiro atoms. The molecule has 21 heavy (non-hydrogen) atoms. The number of benzene rings is 1. The summed E-state index contributed by atoms with van der Waals surface area (Å²) in [5.74, 6) is 0.612. The van der Waals surface area contributed by atoms with Gasteiger partial charge in [0, 0.05) is 18.2 Å². The predicted octanol–water partition coefficient (Wildman–Crippen LogP) is 3.77. The van der Waals surface area contributed by atoms with Gasteiger partial charge in [-0.2, -0.15) is 4.98 Å². The number of pyridine rings is 1. The molecule has 0 amide bonds. The highest BCUT2D eigenvalue weighted by Crippen LogP contribution is 2.23. The minimum absolute atomic E-state index is 0.00359. The molecule has 0 saturated carbocycles. The molecule has 0 aliphatic rings. The van der Waals surface area contributed by atoms with Crippen LogP contribution in [0.4, 0.5) is 5.95 Å². The lowest BCUT2D eigenvalue weighted by atomic mass is 9.85. The maximum absolute atomic E-state index is 5.95. The highest BCUT2D eigenvalue weighted by Gasteiger charge is 2.20. The van der Waals surface area contributed by atoms with E-state index in [9.17, 15) is 0 Å².